The van der Waals surface area contributed by atoms with Crippen LogP contribution in [-0.2, 0) is 16.6 Å². The average molecular weight is 349 g/mol. The lowest BCUT2D eigenvalue weighted by molar-refractivity contribution is 0.415. The molecule has 0 radical (unpaired) electrons. The van der Waals surface area contributed by atoms with Crippen LogP contribution in [0.4, 0.5) is 0 Å². The zero-order valence-electron chi connectivity index (χ0n) is 12.3. The second-order valence-electron chi connectivity index (χ2n) is 5.73. The summed E-state index contributed by atoms with van der Waals surface area (Å²) in [7, 11) is -3.57. The van der Waals surface area contributed by atoms with Gasteiger partial charge >= 0.3 is 0 Å². The second kappa shape index (κ2) is 6.46. The Hall–Kier alpha value is -0.270. The van der Waals surface area contributed by atoms with Gasteiger partial charge in [0.1, 0.15) is 4.90 Å². The first-order chi connectivity index (χ1) is 9.76. The molecule has 1 heterocycles. The lowest BCUT2D eigenvalue weighted by atomic mass is 10.1. The standard InChI is InChI=1S/C14H21ClN2O2S2/c1-14(2)5-6-17(7-8-20-14)21(18,19)13-9-11(10-16)3-4-12(13)15/h3-4,9H,5-8,10,16H2,1-2H3. The van der Waals surface area contributed by atoms with Gasteiger partial charge in [0.25, 0.3) is 0 Å². The van der Waals surface area contributed by atoms with Crippen molar-refractivity contribution in [1.82, 2.24) is 4.31 Å². The van der Waals surface area contributed by atoms with Gasteiger partial charge in [0, 0.05) is 30.1 Å². The van der Waals surface area contributed by atoms with Crippen LogP contribution in [0.5, 0.6) is 0 Å². The van der Waals surface area contributed by atoms with Gasteiger partial charge in [-0.3, -0.25) is 0 Å². The highest BCUT2D eigenvalue weighted by molar-refractivity contribution is 8.00. The molecule has 2 rings (SSSR count). The molecule has 1 saturated heterocycles. The summed E-state index contributed by atoms with van der Waals surface area (Å²) in [5, 5.41) is 0.253. The Morgan fingerprint density at radius 3 is 2.76 bits per heavy atom. The fraction of sp³-hybridized carbons (Fsp3) is 0.571. The van der Waals surface area contributed by atoms with Gasteiger partial charge in [0.05, 0.1) is 5.02 Å². The SMILES string of the molecule is CC1(C)CCN(S(=O)(=O)c2cc(CN)ccc2Cl)CCS1. The largest absolute Gasteiger partial charge is 0.326 e. The van der Waals surface area contributed by atoms with Crippen molar-refractivity contribution in [2.75, 3.05) is 18.8 Å². The van der Waals surface area contributed by atoms with Crippen LogP contribution in [0, 0.1) is 0 Å². The molecule has 7 heteroatoms. The molecule has 0 amide bonds. The van der Waals surface area contributed by atoms with Crippen LogP contribution in [0.25, 0.3) is 0 Å². The Kier molecular flexibility index (Phi) is 5.26. The molecule has 1 fully saturated rings. The van der Waals surface area contributed by atoms with Crippen molar-refractivity contribution >= 4 is 33.4 Å². The number of nitrogens with two attached hydrogens (primary N) is 1. The zero-order chi connectivity index (χ0) is 15.7. The predicted octanol–water partition coefficient (Wildman–Crippen LogP) is 2.70. The van der Waals surface area contributed by atoms with Crippen molar-refractivity contribution in [1.29, 1.82) is 0 Å². The third-order valence-corrected chi connectivity index (χ3v) is 7.40. The molecule has 0 unspecified atom stereocenters. The highest BCUT2D eigenvalue weighted by atomic mass is 35.5. The van der Waals surface area contributed by atoms with Crippen molar-refractivity contribution in [3.8, 4) is 0 Å². The van der Waals surface area contributed by atoms with Gasteiger partial charge in [0.15, 0.2) is 0 Å². The number of thioether (sulfide) groups is 1. The Bertz CT molecular complexity index is 617. The number of nitrogens with zero attached hydrogens (tertiary/aromatic N) is 1. The van der Waals surface area contributed by atoms with Crippen molar-refractivity contribution in [2.24, 2.45) is 5.73 Å². The number of hydrogen-bond acceptors (Lipinski definition) is 4. The molecule has 0 spiro atoms. The highest BCUT2D eigenvalue weighted by Gasteiger charge is 2.32. The van der Waals surface area contributed by atoms with Crippen molar-refractivity contribution in [2.45, 2.75) is 36.5 Å². The van der Waals surface area contributed by atoms with Crippen molar-refractivity contribution in [3.05, 3.63) is 28.8 Å². The van der Waals surface area contributed by atoms with Gasteiger partial charge in [-0.1, -0.05) is 31.5 Å². The molecule has 0 atom stereocenters. The van der Waals surface area contributed by atoms with E-state index in [1.807, 2.05) is 11.8 Å². The van der Waals surface area contributed by atoms with Crippen LogP contribution >= 0.6 is 23.4 Å². The Morgan fingerprint density at radius 2 is 2.10 bits per heavy atom. The van der Waals surface area contributed by atoms with Crippen LogP contribution in [0.2, 0.25) is 5.02 Å². The van der Waals surface area contributed by atoms with Gasteiger partial charge in [-0.05, 0) is 24.1 Å². The van der Waals surface area contributed by atoms with Gasteiger partial charge < -0.3 is 5.73 Å². The minimum Gasteiger partial charge on any atom is -0.326 e. The minimum atomic E-state index is -3.57. The summed E-state index contributed by atoms with van der Waals surface area (Å²) in [5.74, 6) is 0.792. The molecule has 0 saturated carbocycles. The summed E-state index contributed by atoms with van der Waals surface area (Å²) in [4.78, 5) is 0.164. The molecule has 1 aromatic carbocycles. The summed E-state index contributed by atoms with van der Waals surface area (Å²) in [6.45, 7) is 5.62. The number of halogens is 1. The maximum absolute atomic E-state index is 12.8. The monoisotopic (exact) mass is 348 g/mol. The summed E-state index contributed by atoms with van der Waals surface area (Å²) >= 11 is 7.91. The lowest BCUT2D eigenvalue weighted by Crippen LogP contribution is -2.34. The van der Waals surface area contributed by atoms with Gasteiger partial charge in [-0.15, -0.1) is 0 Å². The third kappa shape index (κ3) is 3.93. The Labute approximate surface area is 136 Å². The Balaban J connectivity index is 2.33. The van der Waals surface area contributed by atoms with E-state index in [9.17, 15) is 8.42 Å². The van der Waals surface area contributed by atoms with Crippen LogP contribution in [0.1, 0.15) is 25.8 Å². The summed E-state index contributed by atoms with van der Waals surface area (Å²) in [5.41, 5.74) is 6.36. The van der Waals surface area contributed by atoms with E-state index in [0.717, 1.165) is 17.7 Å². The summed E-state index contributed by atoms with van der Waals surface area (Å²) in [6, 6.07) is 4.94. The first-order valence-electron chi connectivity index (χ1n) is 6.89. The van der Waals surface area contributed by atoms with E-state index in [-0.39, 0.29) is 14.7 Å². The smallest absolute Gasteiger partial charge is 0.244 e. The molecular formula is C14H21ClN2O2S2. The normalized spacial score (nSPS) is 20.2. The van der Waals surface area contributed by atoms with E-state index in [1.165, 1.54) is 4.31 Å². The van der Waals surface area contributed by atoms with Crippen molar-refractivity contribution in [3.63, 3.8) is 0 Å². The molecule has 1 aromatic rings. The molecule has 0 aliphatic carbocycles. The second-order valence-corrected chi connectivity index (χ2v) is 9.85. The molecule has 1 aliphatic rings. The summed E-state index contributed by atoms with van der Waals surface area (Å²) < 4.78 is 27.3. The first kappa shape index (κ1) is 17.1. The van der Waals surface area contributed by atoms with E-state index < -0.39 is 10.0 Å². The molecule has 118 valence electrons. The topological polar surface area (TPSA) is 63.4 Å². The van der Waals surface area contributed by atoms with E-state index in [4.69, 9.17) is 17.3 Å². The molecule has 2 N–H and O–H groups in total. The van der Waals surface area contributed by atoms with E-state index in [2.05, 4.69) is 13.8 Å². The fourth-order valence-electron chi connectivity index (χ4n) is 2.25. The molecule has 1 aliphatic heterocycles. The quantitative estimate of drug-likeness (QED) is 0.912. The first-order valence-corrected chi connectivity index (χ1v) is 9.69. The number of benzene rings is 1. The number of hydrogen-bond donors (Lipinski definition) is 1. The molecule has 0 aromatic heterocycles. The van der Waals surface area contributed by atoms with Crippen LogP contribution in [0.3, 0.4) is 0 Å². The lowest BCUT2D eigenvalue weighted by Gasteiger charge is -2.23. The Morgan fingerprint density at radius 1 is 1.38 bits per heavy atom. The van der Waals surface area contributed by atoms with Gasteiger partial charge in [-0.2, -0.15) is 16.1 Å². The van der Waals surface area contributed by atoms with Gasteiger partial charge in [-0.25, -0.2) is 8.42 Å². The number of rotatable bonds is 3. The average Bonchev–Trinajstić information content (AvgIpc) is 2.60. The van der Waals surface area contributed by atoms with Gasteiger partial charge in [0.2, 0.25) is 10.0 Å². The molecular weight excluding hydrogens is 328 g/mol. The summed E-state index contributed by atoms with van der Waals surface area (Å²) in [6.07, 6.45) is 0.824. The van der Waals surface area contributed by atoms with Crippen molar-refractivity contribution < 1.29 is 8.42 Å². The fourth-order valence-corrected chi connectivity index (χ4v) is 5.44. The van der Waals surface area contributed by atoms with Crippen LogP contribution in [0.15, 0.2) is 23.1 Å². The van der Waals surface area contributed by atoms with E-state index in [1.54, 1.807) is 18.2 Å². The third-order valence-electron chi connectivity index (χ3n) is 3.65. The van der Waals surface area contributed by atoms with Crippen LogP contribution in [-0.4, -0.2) is 36.3 Å². The molecule has 21 heavy (non-hydrogen) atoms. The minimum absolute atomic E-state index is 0.104. The molecule has 0 bridgehead atoms. The predicted molar refractivity (Wildman–Crippen MR) is 89.3 cm³/mol. The van der Waals surface area contributed by atoms with Crippen LogP contribution < -0.4 is 5.73 Å². The highest BCUT2D eigenvalue weighted by Crippen LogP contribution is 2.33. The van der Waals surface area contributed by atoms with E-state index >= 15 is 0 Å². The number of sulfonamides is 1. The maximum atomic E-state index is 12.8. The zero-order valence-corrected chi connectivity index (χ0v) is 14.7. The molecule has 4 nitrogen and oxygen atoms in total. The maximum Gasteiger partial charge on any atom is 0.244 e. The van der Waals surface area contributed by atoms with E-state index in [0.29, 0.717) is 19.6 Å².